The van der Waals surface area contributed by atoms with Crippen molar-refractivity contribution >= 4 is 6.29 Å². The van der Waals surface area contributed by atoms with E-state index in [1.807, 2.05) is 0 Å². The molecule has 18 heavy (non-hydrogen) atoms. The van der Waals surface area contributed by atoms with Crippen molar-refractivity contribution in [2.24, 2.45) is 0 Å². The summed E-state index contributed by atoms with van der Waals surface area (Å²) in [5.41, 5.74) is 0.149. The number of carbonyl (C=O) groups excluding carboxylic acids is 1. The molecule has 88 valence electrons. The lowest BCUT2D eigenvalue weighted by Gasteiger charge is -2.07. The lowest BCUT2D eigenvalue weighted by atomic mass is 10.2. The molecule has 0 aliphatic heterocycles. The number of carbonyl (C=O) groups is 1. The summed E-state index contributed by atoms with van der Waals surface area (Å²) < 4.78 is 18.7. The Morgan fingerprint density at radius 3 is 2.94 bits per heavy atom. The van der Waals surface area contributed by atoms with E-state index in [9.17, 15) is 9.18 Å². The number of halogens is 1. The van der Waals surface area contributed by atoms with Crippen molar-refractivity contribution in [2.45, 2.75) is 0 Å². The number of ether oxygens (including phenoxy) is 1. The second-order valence-electron chi connectivity index (χ2n) is 3.40. The highest BCUT2D eigenvalue weighted by Crippen LogP contribution is 2.26. The largest absolute Gasteiger partial charge is 0.454 e. The maximum Gasteiger partial charge on any atom is 0.151 e. The molecule has 0 amide bonds. The van der Waals surface area contributed by atoms with Crippen molar-refractivity contribution in [1.82, 2.24) is 4.98 Å². The van der Waals surface area contributed by atoms with Crippen LogP contribution in [0.3, 0.4) is 0 Å². The Hall–Kier alpha value is -2.74. The van der Waals surface area contributed by atoms with Crippen LogP contribution in [-0.2, 0) is 0 Å². The monoisotopic (exact) mass is 242 g/mol. The minimum absolute atomic E-state index is 0.0855. The third kappa shape index (κ3) is 2.33. The normalized spacial score (nSPS) is 9.56. The fourth-order valence-corrected chi connectivity index (χ4v) is 1.38. The number of aromatic nitrogens is 1. The summed E-state index contributed by atoms with van der Waals surface area (Å²) in [5, 5.41) is 8.84. The number of aldehydes is 1. The summed E-state index contributed by atoms with van der Waals surface area (Å²) >= 11 is 0. The van der Waals surface area contributed by atoms with Crippen molar-refractivity contribution in [1.29, 1.82) is 5.26 Å². The van der Waals surface area contributed by atoms with E-state index in [1.54, 1.807) is 6.07 Å². The molecule has 0 radical (unpaired) electrons. The van der Waals surface area contributed by atoms with Gasteiger partial charge in [0, 0.05) is 11.8 Å². The van der Waals surface area contributed by atoms with Gasteiger partial charge in [-0.05, 0) is 18.2 Å². The molecule has 1 aromatic heterocycles. The van der Waals surface area contributed by atoms with Crippen LogP contribution in [0.15, 0.2) is 36.7 Å². The van der Waals surface area contributed by atoms with Gasteiger partial charge in [-0.3, -0.25) is 9.78 Å². The fraction of sp³-hybridized carbons (Fsp3) is 0. The first-order chi connectivity index (χ1) is 8.74. The Morgan fingerprint density at radius 1 is 1.39 bits per heavy atom. The lowest BCUT2D eigenvalue weighted by Crippen LogP contribution is -1.93. The van der Waals surface area contributed by atoms with Crippen LogP contribution in [0.2, 0.25) is 0 Å². The zero-order chi connectivity index (χ0) is 13.0. The van der Waals surface area contributed by atoms with Crippen LogP contribution in [0.25, 0.3) is 0 Å². The molecule has 0 atom stereocenters. The molecule has 2 aromatic rings. The van der Waals surface area contributed by atoms with Gasteiger partial charge in [-0.2, -0.15) is 5.26 Å². The average Bonchev–Trinajstić information content (AvgIpc) is 2.39. The Kier molecular flexibility index (Phi) is 3.30. The zero-order valence-electron chi connectivity index (χ0n) is 9.13. The standard InChI is InChI=1S/C13H7FN2O2/c14-12-2-1-3-13(11(12)5-15)18-10-4-9(8-17)6-16-7-10/h1-4,6-8H. The van der Waals surface area contributed by atoms with Gasteiger partial charge in [0.05, 0.1) is 6.20 Å². The molecule has 1 aromatic carbocycles. The van der Waals surface area contributed by atoms with Crippen molar-refractivity contribution in [3.63, 3.8) is 0 Å². The molecule has 1 heterocycles. The topological polar surface area (TPSA) is 63.0 Å². The maximum atomic E-state index is 13.3. The summed E-state index contributed by atoms with van der Waals surface area (Å²) in [6, 6.07) is 7.25. The molecular formula is C13H7FN2O2. The van der Waals surface area contributed by atoms with Gasteiger partial charge in [-0.15, -0.1) is 0 Å². The molecule has 5 heteroatoms. The molecule has 0 fully saturated rings. The summed E-state index contributed by atoms with van der Waals surface area (Å²) in [4.78, 5) is 14.4. The predicted molar refractivity (Wildman–Crippen MR) is 60.8 cm³/mol. The average molecular weight is 242 g/mol. The van der Waals surface area contributed by atoms with Gasteiger partial charge in [0.25, 0.3) is 0 Å². The Labute approximate surface area is 102 Å². The minimum Gasteiger partial charge on any atom is -0.454 e. The first-order valence-electron chi connectivity index (χ1n) is 5.01. The smallest absolute Gasteiger partial charge is 0.151 e. The van der Waals surface area contributed by atoms with Crippen molar-refractivity contribution in [3.05, 3.63) is 53.6 Å². The van der Waals surface area contributed by atoms with E-state index in [-0.39, 0.29) is 17.1 Å². The number of hydrogen-bond acceptors (Lipinski definition) is 4. The van der Waals surface area contributed by atoms with E-state index in [0.29, 0.717) is 11.8 Å². The summed E-state index contributed by atoms with van der Waals surface area (Å²) in [6.45, 7) is 0. The molecule has 4 nitrogen and oxygen atoms in total. The van der Waals surface area contributed by atoms with Gasteiger partial charge in [0.1, 0.15) is 28.9 Å². The molecule has 0 N–H and O–H groups in total. The molecule has 0 saturated heterocycles. The third-order valence-corrected chi connectivity index (χ3v) is 2.19. The molecule has 0 unspecified atom stereocenters. The highest BCUT2D eigenvalue weighted by molar-refractivity contribution is 5.74. The fourth-order valence-electron chi connectivity index (χ4n) is 1.38. The molecule has 2 rings (SSSR count). The predicted octanol–water partition coefficient (Wildman–Crippen LogP) is 2.70. The molecule has 0 aliphatic carbocycles. The van der Waals surface area contributed by atoms with Gasteiger partial charge < -0.3 is 4.74 Å². The number of nitriles is 1. The zero-order valence-corrected chi connectivity index (χ0v) is 9.13. The molecular weight excluding hydrogens is 235 g/mol. The maximum absolute atomic E-state index is 13.3. The molecule has 0 saturated carbocycles. The van der Waals surface area contributed by atoms with E-state index in [0.717, 1.165) is 0 Å². The van der Waals surface area contributed by atoms with Crippen LogP contribution >= 0.6 is 0 Å². The summed E-state index contributed by atoms with van der Waals surface area (Å²) in [5.74, 6) is -0.307. The molecule has 0 aliphatic rings. The Bertz CT molecular complexity index is 635. The Morgan fingerprint density at radius 2 is 2.22 bits per heavy atom. The number of hydrogen-bond donors (Lipinski definition) is 0. The van der Waals surface area contributed by atoms with E-state index in [2.05, 4.69) is 4.98 Å². The van der Waals surface area contributed by atoms with Gasteiger partial charge in [-0.25, -0.2) is 4.39 Å². The van der Waals surface area contributed by atoms with E-state index >= 15 is 0 Å². The first-order valence-corrected chi connectivity index (χ1v) is 5.01. The summed E-state index contributed by atoms with van der Waals surface area (Å²) in [7, 11) is 0. The lowest BCUT2D eigenvalue weighted by molar-refractivity contribution is 0.112. The van der Waals surface area contributed by atoms with Gasteiger partial charge in [0.2, 0.25) is 0 Å². The van der Waals surface area contributed by atoms with Crippen LogP contribution < -0.4 is 4.74 Å². The first kappa shape index (κ1) is 11.7. The number of nitrogens with zero attached hydrogens (tertiary/aromatic N) is 2. The number of benzene rings is 1. The highest BCUT2D eigenvalue weighted by atomic mass is 19.1. The van der Waals surface area contributed by atoms with Crippen LogP contribution in [-0.4, -0.2) is 11.3 Å². The molecule has 0 bridgehead atoms. The third-order valence-electron chi connectivity index (χ3n) is 2.19. The number of rotatable bonds is 3. The van der Waals surface area contributed by atoms with Crippen LogP contribution in [0, 0.1) is 17.1 Å². The van der Waals surface area contributed by atoms with E-state index in [1.165, 1.54) is 36.7 Å². The van der Waals surface area contributed by atoms with Crippen LogP contribution in [0.4, 0.5) is 4.39 Å². The quantitative estimate of drug-likeness (QED) is 0.776. The van der Waals surface area contributed by atoms with E-state index < -0.39 is 5.82 Å². The van der Waals surface area contributed by atoms with E-state index in [4.69, 9.17) is 10.00 Å². The van der Waals surface area contributed by atoms with Crippen LogP contribution in [0.1, 0.15) is 15.9 Å². The van der Waals surface area contributed by atoms with Gasteiger partial charge in [0.15, 0.2) is 6.29 Å². The second kappa shape index (κ2) is 5.06. The Balaban J connectivity index is 2.37. The minimum atomic E-state index is -0.658. The highest BCUT2D eigenvalue weighted by Gasteiger charge is 2.10. The SMILES string of the molecule is N#Cc1c(F)cccc1Oc1cncc(C=O)c1. The summed E-state index contributed by atoms with van der Waals surface area (Å²) in [6.07, 6.45) is 3.37. The second-order valence-corrected chi connectivity index (χ2v) is 3.40. The van der Waals surface area contributed by atoms with Crippen molar-refractivity contribution in [3.8, 4) is 17.6 Å². The molecule has 0 spiro atoms. The van der Waals surface area contributed by atoms with Crippen molar-refractivity contribution < 1.29 is 13.9 Å². The number of pyridine rings is 1. The van der Waals surface area contributed by atoms with Crippen LogP contribution in [0.5, 0.6) is 11.5 Å². The van der Waals surface area contributed by atoms with Gasteiger partial charge in [-0.1, -0.05) is 6.07 Å². The van der Waals surface area contributed by atoms with Gasteiger partial charge >= 0.3 is 0 Å². The van der Waals surface area contributed by atoms with Crippen molar-refractivity contribution in [2.75, 3.05) is 0 Å².